The van der Waals surface area contributed by atoms with Crippen LogP contribution in [0, 0.1) is 11.8 Å². The summed E-state index contributed by atoms with van der Waals surface area (Å²) in [5.41, 5.74) is 0. The number of hydrogen-bond acceptors (Lipinski definition) is 1. The fourth-order valence-electron chi connectivity index (χ4n) is 2.06. The molecule has 2 saturated carbocycles. The van der Waals surface area contributed by atoms with E-state index in [1.54, 1.807) is 0 Å². The summed E-state index contributed by atoms with van der Waals surface area (Å²) < 4.78 is 0. The highest BCUT2D eigenvalue weighted by molar-refractivity contribution is 5.00. The van der Waals surface area contributed by atoms with Gasteiger partial charge in [0.25, 0.3) is 0 Å². The first-order valence-corrected chi connectivity index (χ1v) is 3.59. The fraction of sp³-hybridized carbons (Fsp3) is 1.00. The summed E-state index contributed by atoms with van der Waals surface area (Å²) in [5.74, 6) is 2.22. The van der Waals surface area contributed by atoms with Gasteiger partial charge in [0, 0.05) is 6.04 Å². The third-order valence-corrected chi connectivity index (χ3v) is 2.71. The van der Waals surface area contributed by atoms with Gasteiger partial charge in [-0.3, -0.25) is 0 Å². The highest BCUT2D eigenvalue weighted by Gasteiger charge is 2.47. The Kier molecular flexibility index (Phi) is 0.884. The van der Waals surface area contributed by atoms with Crippen molar-refractivity contribution in [2.45, 2.75) is 25.3 Å². The standard InChI is InChI=1S/C7H13N/c1-8-7-3-2-5-4-6(5)7/h5-8H,2-4H2,1H3/t5-,6+,7-/m0/s1. The summed E-state index contributed by atoms with van der Waals surface area (Å²) in [6.45, 7) is 0. The van der Waals surface area contributed by atoms with Gasteiger partial charge in [-0.25, -0.2) is 0 Å². The van der Waals surface area contributed by atoms with Gasteiger partial charge in [-0.05, 0) is 38.1 Å². The largest absolute Gasteiger partial charge is 0.317 e. The average Bonchev–Trinajstić information content (AvgIpc) is 2.46. The van der Waals surface area contributed by atoms with Gasteiger partial charge < -0.3 is 5.32 Å². The molecule has 0 heterocycles. The molecule has 0 aromatic rings. The average molecular weight is 111 g/mol. The second-order valence-corrected chi connectivity index (χ2v) is 3.13. The summed E-state index contributed by atoms with van der Waals surface area (Å²) >= 11 is 0. The summed E-state index contributed by atoms with van der Waals surface area (Å²) in [7, 11) is 2.09. The van der Waals surface area contributed by atoms with Crippen LogP contribution in [0.4, 0.5) is 0 Å². The van der Waals surface area contributed by atoms with Gasteiger partial charge in [-0.1, -0.05) is 0 Å². The summed E-state index contributed by atoms with van der Waals surface area (Å²) in [4.78, 5) is 0. The maximum atomic E-state index is 3.36. The highest BCUT2D eigenvalue weighted by Crippen LogP contribution is 2.51. The van der Waals surface area contributed by atoms with Crippen molar-refractivity contribution in [3.05, 3.63) is 0 Å². The maximum Gasteiger partial charge on any atom is 0.00951 e. The van der Waals surface area contributed by atoms with E-state index in [1.807, 2.05) is 0 Å². The van der Waals surface area contributed by atoms with Crippen LogP contribution in [0.1, 0.15) is 19.3 Å². The fourth-order valence-corrected chi connectivity index (χ4v) is 2.06. The van der Waals surface area contributed by atoms with Crippen LogP contribution in [-0.4, -0.2) is 13.1 Å². The van der Waals surface area contributed by atoms with E-state index in [1.165, 1.54) is 19.3 Å². The molecule has 46 valence electrons. The molecule has 2 aliphatic rings. The van der Waals surface area contributed by atoms with Crippen LogP contribution >= 0.6 is 0 Å². The first-order valence-electron chi connectivity index (χ1n) is 3.59. The Labute approximate surface area is 50.5 Å². The van der Waals surface area contributed by atoms with E-state index in [9.17, 15) is 0 Å². The SMILES string of the molecule is CN[C@H]1CC[C@H]2C[C@H]21. The predicted molar refractivity (Wildman–Crippen MR) is 33.7 cm³/mol. The molecule has 0 bridgehead atoms. The molecule has 2 fully saturated rings. The third-order valence-electron chi connectivity index (χ3n) is 2.71. The van der Waals surface area contributed by atoms with E-state index in [0.29, 0.717) is 0 Å². The predicted octanol–water partition coefficient (Wildman–Crippen LogP) is 1.00. The molecule has 3 atom stereocenters. The molecule has 0 aliphatic heterocycles. The molecule has 0 saturated heterocycles. The highest BCUT2D eigenvalue weighted by atomic mass is 14.9. The molecule has 1 N–H and O–H groups in total. The zero-order chi connectivity index (χ0) is 5.56. The van der Waals surface area contributed by atoms with E-state index < -0.39 is 0 Å². The Morgan fingerprint density at radius 2 is 2.25 bits per heavy atom. The van der Waals surface area contributed by atoms with Crippen molar-refractivity contribution in [2.75, 3.05) is 7.05 Å². The topological polar surface area (TPSA) is 12.0 Å². The normalized spacial score (nSPS) is 51.4. The zero-order valence-corrected chi connectivity index (χ0v) is 5.35. The number of fused-ring (bicyclic) bond motifs is 1. The van der Waals surface area contributed by atoms with E-state index >= 15 is 0 Å². The van der Waals surface area contributed by atoms with Crippen molar-refractivity contribution in [1.82, 2.24) is 5.32 Å². The zero-order valence-electron chi connectivity index (χ0n) is 5.35. The smallest absolute Gasteiger partial charge is 0.00951 e. The van der Waals surface area contributed by atoms with Crippen LogP contribution in [-0.2, 0) is 0 Å². The second-order valence-electron chi connectivity index (χ2n) is 3.13. The van der Waals surface area contributed by atoms with Crippen molar-refractivity contribution >= 4 is 0 Å². The van der Waals surface area contributed by atoms with E-state index in [0.717, 1.165) is 17.9 Å². The summed E-state index contributed by atoms with van der Waals surface area (Å²) in [6, 6.07) is 0.889. The van der Waals surface area contributed by atoms with Crippen LogP contribution < -0.4 is 5.32 Å². The Morgan fingerprint density at radius 1 is 1.38 bits per heavy atom. The lowest BCUT2D eigenvalue weighted by molar-refractivity contribution is 0.519. The summed E-state index contributed by atoms with van der Waals surface area (Å²) in [5, 5.41) is 3.36. The Balaban J connectivity index is 1.97. The van der Waals surface area contributed by atoms with Gasteiger partial charge in [0.15, 0.2) is 0 Å². The minimum absolute atomic E-state index is 0.889. The van der Waals surface area contributed by atoms with Crippen molar-refractivity contribution < 1.29 is 0 Å². The lowest BCUT2D eigenvalue weighted by Crippen LogP contribution is -2.24. The third kappa shape index (κ3) is 0.510. The molecule has 0 radical (unpaired) electrons. The quantitative estimate of drug-likeness (QED) is 0.532. The van der Waals surface area contributed by atoms with Crippen molar-refractivity contribution in [2.24, 2.45) is 11.8 Å². The number of rotatable bonds is 1. The Hall–Kier alpha value is -0.0400. The first-order chi connectivity index (χ1) is 3.92. The van der Waals surface area contributed by atoms with Gasteiger partial charge in [-0.2, -0.15) is 0 Å². The minimum Gasteiger partial charge on any atom is -0.317 e. The van der Waals surface area contributed by atoms with Crippen LogP contribution in [0.15, 0.2) is 0 Å². The van der Waals surface area contributed by atoms with Crippen LogP contribution in [0.3, 0.4) is 0 Å². The summed E-state index contributed by atoms with van der Waals surface area (Å²) in [6.07, 6.45) is 4.45. The second kappa shape index (κ2) is 1.47. The number of hydrogen-bond donors (Lipinski definition) is 1. The first kappa shape index (κ1) is 4.80. The van der Waals surface area contributed by atoms with Crippen molar-refractivity contribution in [3.63, 3.8) is 0 Å². The van der Waals surface area contributed by atoms with E-state index in [2.05, 4.69) is 12.4 Å². The number of nitrogens with one attached hydrogen (secondary N) is 1. The van der Waals surface area contributed by atoms with Crippen molar-refractivity contribution in [3.8, 4) is 0 Å². The molecule has 1 heteroatoms. The molecule has 0 amide bonds. The molecule has 8 heavy (non-hydrogen) atoms. The van der Waals surface area contributed by atoms with Crippen LogP contribution in [0.5, 0.6) is 0 Å². The molecular formula is C7H13N. The van der Waals surface area contributed by atoms with Crippen LogP contribution in [0.2, 0.25) is 0 Å². The van der Waals surface area contributed by atoms with Gasteiger partial charge in [-0.15, -0.1) is 0 Å². The lowest BCUT2D eigenvalue weighted by atomic mass is 10.2. The van der Waals surface area contributed by atoms with Gasteiger partial charge in [0.2, 0.25) is 0 Å². The Bertz CT molecular complexity index is 101. The molecule has 0 aromatic heterocycles. The van der Waals surface area contributed by atoms with Gasteiger partial charge >= 0.3 is 0 Å². The molecule has 2 rings (SSSR count). The Morgan fingerprint density at radius 3 is 2.50 bits per heavy atom. The molecule has 0 spiro atoms. The lowest BCUT2D eigenvalue weighted by Gasteiger charge is -2.07. The molecular weight excluding hydrogens is 98.1 g/mol. The van der Waals surface area contributed by atoms with Gasteiger partial charge in [0.1, 0.15) is 0 Å². The van der Waals surface area contributed by atoms with Crippen molar-refractivity contribution in [1.29, 1.82) is 0 Å². The maximum absolute atomic E-state index is 3.36. The monoisotopic (exact) mass is 111 g/mol. The molecule has 1 nitrogen and oxygen atoms in total. The van der Waals surface area contributed by atoms with E-state index in [-0.39, 0.29) is 0 Å². The van der Waals surface area contributed by atoms with Crippen LogP contribution in [0.25, 0.3) is 0 Å². The van der Waals surface area contributed by atoms with Gasteiger partial charge in [0.05, 0.1) is 0 Å². The molecule has 0 unspecified atom stereocenters. The molecule has 0 aromatic carbocycles. The minimum atomic E-state index is 0.889. The molecule has 2 aliphatic carbocycles. The van der Waals surface area contributed by atoms with E-state index in [4.69, 9.17) is 0 Å².